The second kappa shape index (κ2) is 9.86. The van der Waals surface area contributed by atoms with Gasteiger partial charge in [-0.05, 0) is 36.8 Å². The third-order valence-corrected chi connectivity index (χ3v) is 5.86. The number of nitrogens with one attached hydrogen (secondary N) is 1. The van der Waals surface area contributed by atoms with Crippen LogP contribution in [0.15, 0.2) is 72.1 Å². The molecule has 10 heteroatoms. The summed E-state index contributed by atoms with van der Waals surface area (Å²) in [6.07, 6.45) is 3.30. The van der Waals surface area contributed by atoms with Crippen molar-refractivity contribution in [2.24, 2.45) is 0 Å². The highest BCUT2D eigenvalue weighted by molar-refractivity contribution is 8.00. The lowest BCUT2D eigenvalue weighted by Crippen LogP contribution is -2.24. The fourth-order valence-electron chi connectivity index (χ4n) is 3.07. The lowest BCUT2D eigenvalue weighted by Gasteiger charge is -2.14. The summed E-state index contributed by atoms with van der Waals surface area (Å²) in [5.41, 5.74) is 1.38. The van der Waals surface area contributed by atoms with E-state index in [4.69, 9.17) is 0 Å². The van der Waals surface area contributed by atoms with Crippen molar-refractivity contribution < 1.29 is 18.0 Å². The number of nitrogens with zero attached hydrogens (tertiary/aromatic N) is 4. The molecular formula is C23H18F3N5OS. The molecule has 0 aliphatic rings. The fraction of sp³-hybridized carbons (Fsp3) is 0.130. The van der Waals surface area contributed by atoms with E-state index in [-0.39, 0.29) is 0 Å². The van der Waals surface area contributed by atoms with Crippen LogP contribution in [0.25, 0.3) is 11.4 Å². The van der Waals surface area contributed by atoms with Crippen LogP contribution in [-0.4, -0.2) is 30.9 Å². The quantitative estimate of drug-likeness (QED) is 0.307. The first kappa shape index (κ1) is 22.5. The Kier molecular flexibility index (Phi) is 6.74. The van der Waals surface area contributed by atoms with E-state index in [0.29, 0.717) is 17.5 Å². The average molecular weight is 469 g/mol. The maximum absolute atomic E-state index is 13.9. The van der Waals surface area contributed by atoms with E-state index < -0.39 is 34.3 Å². The second-order valence-corrected chi connectivity index (χ2v) is 8.39. The van der Waals surface area contributed by atoms with Crippen LogP contribution in [0, 0.1) is 17.5 Å². The molecule has 6 nitrogen and oxygen atoms in total. The normalized spacial score (nSPS) is 11.9. The summed E-state index contributed by atoms with van der Waals surface area (Å²) in [5, 5.41) is 10.6. The number of carbonyl (C=O) groups is 1. The van der Waals surface area contributed by atoms with Crippen molar-refractivity contribution in [1.29, 1.82) is 0 Å². The Morgan fingerprint density at radius 1 is 1.00 bits per heavy atom. The minimum absolute atomic E-state index is 0.436. The topological polar surface area (TPSA) is 72.7 Å². The van der Waals surface area contributed by atoms with E-state index in [1.807, 2.05) is 47.0 Å². The Balaban J connectivity index is 1.58. The zero-order valence-electron chi connectivity index (χ0n) is 17.4. The lowest BCUT2D eigenvalue weighted by atomic mass is 10.2. The zero-order chi connectivity index (χ0) is 23.4. The van der Waals surface area contributed by atoms with Gasteiger partial charge in [-0.3, -0.25) is 14.3 Å². The maximum atomic E-state index is 13.9. The molecule has 0 aliphatic heterocycles. The molecule has 2 heterocycles. The van der Waals surface area contributed by atoms with Gasteiger partial charge in [-0.15, -0.1) is 10.2 Å². The monoisotopic (exact) mass is 469 g/mol. The molecule has 1 atom stereocenters. The number of rotatable bonds is 7. The van der Waals surface area contributed by atoms with Gasteiger partial charge >= 0.3 is 0 Å². The van der Waals surface area contributed by atoms with Gasteiger partial charge in [0.25, 0.3) is 0 Å². The Bertz CT molecular complexity index is 1270. The third kappa shape index (κ3) is 5.06. The SMILES string of the molecule is C[C@@H](Sc1nnc(-c2ccncc2)n1Cc1ccccc1)C(=O)Nc1ccc(F)c(F)c1F. The van der Waals surface area contributed by atoms with Crippen LogP contribution in [0.5, 0.6) is 0 Å². The van der Waals surface area contributed by atoms with Crippen LogP contribution in [0.3, 0.4) is 0 Å². The summed E-state index contributed by atoms with van der Waals surface area (Å²) in [7, 11) is 0. The number of anilines is 1. The standard InChI is InChI=1S/C23H18F3N5OS/c1-14(22(32)28-18-8-7-17(24)19(25)20(18)26)33-23-30-29-21(16-9-11-27-12-10-16)31(23)13-15-5-3-2-4-6-15/h2-12,14H,13H2,1H3,(H,28,32)/t14-/m1/s1. The van der Waals surface area contributed by atoms with Gasteiger partial charge in [-0.1, -0.05) is 42.1 Å². The minimum atomic E-state index is -1.64. The van der Waals surface area contributed by atoms with E-state index in [1.165, 1.54) is 0 Å². The molecule has 2 aromatic heterocycles. The van der Waals surface area contributed by atoms with Crippen molar-refractivity contribution in [2.75, 3.05) is 5.32 Å². The molecule has 0 fully saturated rings. The molecule has 4 rings (SSSR count). The van der Waals surface area contributed by atoms with Crippen LogP contribution in [-0.2, 0) is 11.3 Å². The van der Waals surface area contributed by atoms with Crippen LogP contribution < -0.4 is 5.32 Å². The molecule has 0 spiro atoms. The fourth-order valence-corrected chi connectivity index (χ4v) is 3.92. The highest BCUT2D eigenvalue weighted by Gasteiger charge is 2.23. The molecule has 0 saturated heterocycles. The molecule has 168 valence electrons. The molecule has 0 bridgehead atoms. The lowest BCUT2D eigenvalue weighted by molar-refractivity contribution is -0.115. The van der Waals surface area contributed by atoms with Crippen molar-refractivity contribution >= 4 is 23.4 Å². The van der Waals surface area contributed by atoms with E-state index in [2.05, 4.69) is 20.5 Å². The van der Waals surface area contributed by atoms with Gasteiger partial charge in [0.1, 0.15) is 0 Å². The molecule has 0 unspecified atom stereocenters. The Morgan fingerprint density at radius 2 is 1.73 bits per heavy atom. The zero-order valence-corrected chi connectivity index (χ0v) is 18.2. The molecule has 0 saturated carbocycles. The van der Waals surface area contributed by atoms with Crippen LogP contribution >= 0.6 is 11.8 Å². The van der Waals surface area contributed by atoms with E-state index in [0.717, 1.165) is 35.0 Å². The first-order chi connectivity index (χ1) is 15.9. The van der Waals surface area contributed by atoms with Crippen molar-refractivity contribution in [3.05, 3.63) is 90.0 Å². The van der Waals surface area contributed by atoms with Crippen molar-refractivity contribution in [2.45, 2.75) is 23.9 Å². The number of benzene rings is 2. The summed E-state index contributed by atoms with van der Waals surface area (Å²) in [6, 6.07) is 15.0. The van der Waals surface area contributed by atoms with Gasteiger partial charge in [0.05, 0.1) is 17.5 Å². The molecule has 4 aromatic rings. The predicted molar refractivity (Wildman–Crippen MR) is 119 cm³/mol. The number of thioether (sulfide) groups is 1. The van der Waals surface area contributed by atoms with Gasteiger partial charge < -0.3 is 5.32 Å². The third-order valence-electron chi connectivity index (χ3n) is 4.78. The van der Waals surface area contributed by atoms with Gasteiger partial charge in [-0.2, -0.15) is 0 Å². The Labute approximate surface area is 191 Å². The molecule has 0 radical (unpaired) electrons. The van der Waals surface area contributed by atoms with E-state index in [1.54, 1.807) is 19.3 Å². The van der Waals surface area contributed by atoms with E-state index >= 15 is 0 Å². The number of halogens is 3. The van der Waals surface area contributed by atoms with Crippen molar-refractivity contribution in [1.82, 2.24) is 19.7 Å². The Hall–Kier alpha value is -3.66. The highest BCUT2D eigenvalue weighted by atomic mass is 32.2. The van der Waals surface area contributed by atoms with Gasteiger partial charge in [0, 0.05) is 18.0 Å². The first-order valence-corrected chi connectivity index (χ1v) is 10.8. The van der Waals surface area contributed by atoms with E-state index in [9.17, 15) is 18.0 Å². The maximum Gasteiger partial charge on any atom is 0.237 e. The van der Waals surface area contributed by atoms with Gasteiger partial charge in [-0.25, -0.2) is 13.2 Å². The van der Waals surface area contributed by atoms with Crippen molar-refractivity contribution in [3.8, 4) is 11.4 Å². The number of carbonyl (C=O) groups excluding carboxylic acids is 1. The molecule has 0 aliphatic carbocycles. The first-order valence-electron chi connectivity index (χ1n) is 9.92. The average Bonchev–Trinajstić information content (AvgIpc) is 3.22. The minimum Gasteiger partial charge on any atom is -0.323 e. The highest BCUT2D eigenvalue weighted by Crippen LogP contribution is 2.29. The number of pyridine rings is 1. The van der Waals surface area contributed by atoms with Crippen LogP contribution in [0.2, 0.25) is 0 Å². The molecular weight excluding hydrogens is 451 g/mol. The van der Waals surface area contributed by atoms with Gasteiger partial charge in [0.15, 0.2) is 28.4 Å². The molecule has 33 heavy (non-hydrogen) atoms. The summed E-state index contributed by atoms with van der Waals surface area (Å²) < 4.78 is 42.5. The summed E-state index contributed by atoms with van der Waals surface area (Å²) >= 11 is 1.12. The van der Waals surface area contributed by atoms with Crippen LogP contribution in [0.4, 0.5) is 18.9 Å². The molecule has 1 N–H and O–H groups in total. The Morgan fingerprint density at radius 3 is 2.45 bits per heavy atom. The molecule has 2 aromatic carbocycles. The second-order valence-electron chi connectivity index (χ2n) is 7.09. The smallest absolute Gasteiger partial charge is 0.237 e. The number of aromatic nitrogens is 4. The van der Waals surface area contributed by atoms with Crippen molar-refractivity contribution in [3.63, 3.8) is 0 Å². The number of hydrogen-bond acceptors (Lipinski definition) is 5. The van der Waals surface area contributed by atoms with Crippen LogP contribution in [0.1, 0.15) is 12.5 Å². The number of hydrogen-bond donors (Lipinski definition) is 1. The number of amides is 1. The largest absolute Gasteiger partial charge is 0.323 e. The predicted octanol–water partition coefficient (Wildman–Crippen LogP) is 4.93. The summed E-state index contributed by atoms with van der Waals surface area (Å²) in [4.78, 5) is 16.7. The van der Waals surface area contributed by atoms with Gasteiger partial charge in [0.2, 0.25) is 5.91 Å². The molecule has 1 amide bonds. The summed E-state index contributed by atoms with van der Waals surface area (Å²) in [5.74, 6) is -4.41. The summed E-state index contributed by atoms with van der Waals surface area (Å²) in [6.45, 7) is 2.06.